The average molecular weight is 252 g/mol. The Balaban J connectivity index is 2.11. The largest absolute Gasteiger partial charge is 0.362 e. The molecule has 0 saturated heterocycles. The van der Waals surface area contributed by atoms with Crippen molar-refractivity contribution in [3.8, 4) is 0 Å². The lowest BCUT2D eigenvalue weighted by atomic mass is 9.99. The van der Waals surface area contributed by atoms with Crippen LogP contribution in [0.1, 0.15) is 43.2 Å². The molecule has 1 aromatic heterocycles. The fourth-order valence-electron chi connectivity index (χ4n) is 2.28. The van der Waals surface area contributed by atoms with Crippen molar-refractivity contribution in [2.45, 2.75) is 38.2 Å². The maximum atomic E-state index is 11.2. The van der Waals surface area contributed by atoms with E-state index in [9.17, 15) is 4.79 Å². The SMILES string of the molecule is CNC(=O)COC1CCCCCc2c1nnn2C. The Hall–Kier alpha value is -1.43. The van der Waals surface area contributed by atoms with Crippen LogP contribution in [0.4, 0.5) is 0 Å². The summed E-state index contributed by atoms with van der Waals surface area (Å²) in [5.41, 5.74) is 2.04. The van der Waals surface area contributed by atoms with E-state index in [0.717, 1.165) is 37.1 Å². The van der Waals surface area contributed by atoms with Gasteiger partial charge in [0.2, 0.25) is 5.91 Å². The second-order valence-electron chi connectivity index (χ2n) is 4.62. The fourth-order valence-corrected chi connectivity index (χ4v) is 2.28. The molecule has 1 heterocycles. The number of carbonyl (C=O) groups excluding carboxylic acids is 1. The van der Waals surface area contributed by atoms with Crippen molar-refractivity contribution < 1.29 is 9.53 Å². The van der Waals surface area contributed by atoms with Gasteiger partial charge in [-0.2, -0.15) is 0 Å². The van der Waals surface area contributed by atoms with E-state index in [1.54, 1.807) is 7.05 Å². The summed E-state index contributed by atoms with van der Waals surface area (Å²) in [6, 6.07) is 0. The van der Waals surface area contributed by atoms with E-state index >= 15 is 0 Å². The number of aryl methyl sites for hydroxylation is 1. The molecular weight excluding hydrogens is 232 g/mol. The van der Waals surface area contributed by atoms with E-state index < -0.39 is 0 Å². The van der Waals surface area contributed by atoms with E-state index in [0.29, 0.717) is 0 Å². The number of rotatable bonds is 3. The summed E-state index contributed by atoms with van der Waals surface area (Å²) in [7, 11) is 3.51. The number of fused-ring (bicyclic) bond motifs is 1. The van der Waals surface area contributed by atoms with Crippen molar-refractivity contribution in [3.63, 3.8) is 0 Å². The first-order valence-electron chi connectivity index (χ1n) is 6.43. The quantitative estimate of drug-likeness (QED) is 0.861. The number of carbonyl (C=O) groups is 1. The molecule has 6 heteroatoms. The Morgan fingerprint density at radius 1 is 1.50 bits per heavy atom. The number of nitrogens with one attached hydrogen (secondary N) is 1. The molecule has 2 rings (SSSR count). The van der Waals surface area contributed by atoms with E-state index in [-0.39, 0.29) is 18.6 Å². The highest BCUT2D eigenvalue weighted by Crippen LogP contribution is 2.28. The van der Waals surface area contributed by atoms with Crippen LogP contribution in [0.15, 0.2) is 0 Å². The summed E-state index contributed by atoms with van der Waals surface area (Å²) in [5, 5.41) is 10.8. The second-order valence-corrected chi connectivity index (χ2v) is 4.62. The van der Waals surface area contributed by atoms with Gasteiger partial charge >= 0.3 is 0 Å². The van der Waals surface area contributed by atoms with Crippen LogP contribution >= 0.6 is 0 Å². The van der Waals surface area contributed by atoms with Gasteiger partial charge in [-0.25, -0.2) is 0 Å². The van der Waals surface area contributed by atoms with E-state index in [2.05, 4.69) is 15.6 Å². The zero-order valence-corrected chi connectivity index (χ0v) is 11.0. The Morgan fingerprint density at radius 2 is 2.33 bits per heavy atom. The standard InChI is InChI=1S/C12H20N4O2/c1-13-11(17)8-18-10-7-5-3-4-6-9-12(10)14-15-16(9)2/h10H,3-8H2,1-2H3,(H,13,17). The van der Waals surface area contributed by atoms with Gasteiger partial charge < -0.3 is 10.1 Å². The van der Waals surface area contributed by atoms with Gasteiger partial charge in [0.25, 0.3) is 0 Å². The molecule has 1 unspecified atom stereocenters. The summed E-state index contributed by atoms with van der Waals surface area (Å²) in [4.78, 5) is 11.2. The van der Waals surface area contributed by atoms with Crippen LogP contribution < -0.4 is 5.32 Å². The van der Waals surface area contributed by atoms with Crippen LogP contribution in [0.3, 0.4) is 0 Å². The molecule has 0 spiro atoms. The van der Waals surface area contributed by atoms with Crippen molar-refractivity contribution >= 4 is 5.91 Å². The minimum Gasteiger partial charge on any atom is -0.362 e. The number of nitrogens with zero attached hydrogens (tertiary/aromatic N) is 3. The number of amides is 1. The first-order valence-corrected chi connectivity index (χ1v) is 6.43. The van der Waals surface area contributed by atoms with Gasteiger partial charge in [-0.05, 0) is 19.3 Å². The zero-order valence-electron chi connectivity index (χ0n) is 11.0. The number of likely N-dealkylation sites (N-methyl/N-ethyl adjacent to an activating group) is 1. The van der Waals surface area contributed by atoms with Crippen LogP contribution in [-0.4, -0.2) is 34.6 Å². The fraction of sp³-hybridized carbons (Fsp3) is 0.750. The van der Waals surface area contributed by atoms with Crippen molar-refractivity contribution in [2.24, 2.45) is 7.05 Å². The van der Waals surface area contributed by atoms with Crippen LogP contribution in [0.2, 0.25) is 0 Å². The van der Waals surface area contributed by atoms with Gasteiger partial charge in [-0.1, -0.05) is 18.1 Å². The van der Waals surface area contributed by atoms with E-state index in [1.807, 2.05) is 11.7 Å². The lowest BCUT2D eigenvalue weighted by molar-refractivity contribution is -0.127. The monoisotopic (exact) mass is 252 g/mol. The van der Waals surface area contributed by atoms with Gasteiger partial charge in [-0.15, -0.1) is 5.10 Å². The summed E-state index contributed by atoms with van der Waals surface area (Å²) in [6.07, 6.45) is 5.24. The molecule has 100 valence electrons. The van der Waals surface area contributed by atoms with E-state index in [4.69, 9.17) is 4.74 Å². The Labute approximate surface area is 107 Å². The van der Waals surface area contributed by atoms with Crippen LogP contribution in [0.5, 0.6) is 0 Å². The molecule has 1 N–H and O–H groups in total. The molecule has 18 heavy (non-hydrogen) atoms. The van der Waals surface area contributed by atoms with Gasteiger partial charge in [0.15, 0.2) is 0 Å². The molecule has 0 saturated carbocycles. The highest BCUT2D eigenvalue weighted by Gasteiger charge is 2.23. The van der Waals surface area contributed by atoms with Crippen LogP contribution in [0.25, 0.3) is 0 Å². The van der Waals surface area contributed by atoms with Crippen molar-refractivity contribution in [3.05, 3.63) is 11.4 Å². The normalized spacial score (nSPS) is 19.8. The minimum absolute atomic E-state index is 0.0805. The number of ether oxygens (including phenoxy) is 1. The lowest BCUT2D eigenvalue weighted by Crippen LogP contribution is -2.25. The smallest absolute Gasteiger partial charge is 0.245 e. The molecule has 0 aliphatic heterocycles. The zero-order chi connectivity index (χ0) is 13.0. The molecule has 0 fully saturated rings. The third kappa shape index (κ3) is 2.87. The third-order valence-corrected chi connectivity index (χ3v) is 3.35. The van der Waals surface area contributed by atoms with Gasteiger partial charge in [0.1, 0.15) is 18.4 Å². The molecule has 1 amide bonds. The maximum absolute atomic E-state index is 11.2. The molecule has 1 atom stereocenters. The van der Waals surface area contributed by atoms with Gasteiger partial charge in [-0.3, -0.25) is 9.48 Å². The molecule has 0 aromatic carbocycles. The molecule has 0 bridgehead atoms. The Bertz CT molecular complexity index is 416. The predicted molar refractivity (Wildman–Crippen MR) is 65.9 cm³/mol. The first kappa shape index (κ1) is 13.0. The Morgan fingerprint density at radius 3 is 3.11 bits per heavy atom. The van der Waals surface area contributed by atoms with Crippen molar-refractivity contribution in [1.29, 1.82) is 0 Å². The third-order valence-electron chi connectivity index (χ3n) is 3.35. The Kier molecular flexibility index (Phi) is 4.30. The summed E-state index contributed by atoms with van der Waals surface area (Å²) in [5.74, 6) is -0.109. The summed E-state index contributed by atoms with van der Waals surface area (Å²) < 4.78 is 7.50. The van der Waals surface area contributed by atoms with Crippen LogP contribution in [0, 0.1) is 0 Å². The summed E-state index contributed by atoms with van der Waals surface area (Å²) in [6.45, 7) is 0.0805. The molecule has 1 aromatic rings. The highest BCUT2D eigenvalue weighted by molar-refractivity contribution is 5.76. The molecule has 1 aliphatic carbocycles. The highest BCUT2D eigenvalue weighted by atomic mass is 16.5. The lowest BCUT2D eigenvalue weighted by Gasteiger charge is -2.19. The minimum atomic E-state index is -0.109. The van der Waals surface area contributed by atoms with Gasteiger partial charge in [0.05, 0.1) is 5.69 Å². The molecular formula is C12H20N4O2. The predicted octanol–water partition coefficient (Wildman–Crippen LogP) is 0.735. The van der Waals surface area contributed by atoms with Crippen LogP contribution in [-0.2, 0) is 23.0 Å². The molecule has 0 radical (unpaired) electrons. The topological polar surface area (TPSA) is 69.0 Å². The van der Waals surface area contributed by atoms with Gasteiger partial charge in [0, 0.05) is 14.1 Å². The average Bonchev–Trinajstić information content (AvgIpc) is 2.69. The van der Waals surface area contributed by atoms with Crippen molar-refractivity contribution in [1.82, 2.24) is 20.3 Å². The van der Waals surface area contributed by atoms with E-state index in [1.165, 1.54) is 6.42 Å². The number of hydrogen-bond acceptors (Lipinski definition) is 4. The molecule has 1 aliphatic rings. The maximum Gasteiger partial charge on any atom is 0.245 e. The summed E-state index contributed by atoms with van der Waals surface area (Å²) >= 11 is 0. The second kappa shape index (κ2) is 5.95. The number of hydrogen-bond donors (Lipinski definition) is 1. The van der Waals surface area contributed by atoms with Crippen molar-refractivity contribution in [2.75, 3.05) is 13.7 Å². The first-order chi connectivity index (χ1) is 8.72. The number of aromatic nitrogens is 3. The molecule has 6 nitrogen and oxygen atoms in total.